The fraction of sp³-hybridized carbons (Fsp3) is 0.485. The summed E-state index contributed by atoms with van der Waals surface area (Å²) in [6, 6.07) is 18.5. The number of aryl methyl sites for hydroxylation is 1. The average Bonchev–Trinajstić information content (AvgIpc) is 1.58. The van der Waals surface area contributed by atoms with Crippen molar-refractivity contribution in [2.24, 2.45) is 22.2 Å². The van der Waals surface area contributed by atoms with E-state index in [9.17, 15) is 34.2 Å². The van der Waals surface area contributed by atoms with Gasteiger partial charge in [-0.1, -0.05) is 83.2 Å². The van der Waals surface area contributed by atoms with E-state index >= 15 is 4.39 Å². The number of nitrogens with one attached hydrogen (secondary N) is 3. The molecule has 11 rings (SSSR count). The van der Waals surface area contributed by atoms with Crippen molar-refractivity contribution in [3.8, 4) is 27.3 Å². The minimum absolute atomic E-state index is 0.000754. The first-order chi connectivity index (χ1) is 43.4. The fourth-order valence-corrected chi connectivity index (χ4v) is 16.2. The topological polar surface area (TPSA) is 253 Å². The number of likely N-dealkylation sites (tertiary alicyclic amines) is 1. The molecule has 2 bridgehead atoms. The average molecular weight is 1280 g/mol. The highest BCUT2D eigenvalue weighted by atomic mass is 32.1. The number of fused-ring (bicyclic) bond motifs is 4. The van der Waals surface area contributed by atoms with Crippen molar-refractivity contribution >= 4 is 73.4 Å². The molecule has 0 radical (unpaired) electrons. The number of nitrogens with zero attached hydrogens (tertiary/aromatic N) is 7. The summed E-state index contributed by atoms with van der Waals surface area (Å²) in [6.45, 7) is 19.3. The molecule has 3 fully saturated rings. The number of aromatic nitrogens is 5. The number of rotatable bonds is 23. The molecule has 482 valence electrons. The van der Waals surface area contributed by atoms with Crippen molar-refractivity contribution < 1.29 is 52.8 Å². The second-order valence-corrected chi connectivity index (χ2v) is 28.7. The Labute approximate surface area is 537 Å². The van der Waals surface area contributed by atoms with Gasteiger partial charge >= 0.3 is 5.97 Å². The van der Waals surface area contributed by atoms with Gasteiger partial charge in [0.25, 0.3) is 5.91 Å². The van der Waals surface area contributed by atoms with Crippen molar-refractivity contribution in [2.45, 2.75) is 144 Å². The number of pyridine rings is 1. The van der Waals surface area contributed by atoms with Crippen LogP contribution < -0.4 is 20.9 Å². The largest absolute Gasteiger partial charge is 0.505 e. The number of phenolic OH excluding ortho intramolecular Hbond substituents is 1. The lowest BCUT2D eigenvalue weighted by Gasteiger charge is -2.52. The standard InChI is InChI=1S/C68H81FN10O10S2/c1-40-58(90-39-71-40)46-19-18-43(57(81)55(46)69)33-70-61(83)50-16-12-26-78(50)62(84)59(65(3,4)5)75-54(80)23-28-87-29-30-88-31-32-89-68-25-24-67(8,37-66(6,7)38-68)52(68)36-79-41(2)47(34-72-79)44-20-21-53(74-56(44)63(85)86)77-27-22-42-13-11-14-45(48(42)35-77)60(82)76-64-73-49-15-9-10-17-51(49)91-64/h9-11,13-15,17-21,34,39,50,52,59,81H,12,16,22-33,35-38H2,1-8H3,(H,70,83)(H,75,80)(H,85,86)(H,73,76,82)/t50-,52?,59+,67?,68?/m0/s1. The SMILES string of the molecule is Cc1ncsc1-c1ccc(CNC(=O)[C@@H]2CCCN2C(=O)[C@@H](NC(=O)CCOCCOCCOC23CCC(C)(CC(C)(C)C2)C3Cn2ncc(-c3ccc(N4CCc5cccc(C(=O)Nc6nc7ccccc7s6)c5C4)nc3C(=O)O)c2C)C(C)(C)C)c(O)c1F. The molecular formula is C68H81FN10O10S2. The summed E-state index contributed by atoms with van der Waals surface area (Å²) < 4.78 is 37.1. The van der Waals surface area contributed by atoms with Crippen molar-refractivity contribution in [3.63, 3.8) is 0 Å². The number of carboxylic acids is 1. The minimum atomic E-state index is -1.15. The third-order valence-electron chi connectivity index (χ3n) is 18.8. The van der Waals surface area contributed by atoms with Gasteiger partial charge in [-0.3, -0.25) is 29.2 Å². The molecule has 2 aliphatic carbocycles. The Morgan fingerprint density at radius 2 is 1.65 bits per heavy atom. The molecule has 91 heavy (non-hydrogen) atoms. The van der Waals surface area contributed by atoms with Gasteiger partial charge in [-0.25, -0.2) is 24.1 Å². The van der Waals surface area contributed by atoms with E-state index in [2.05, 4.69) is 46.7 Å². The third-order valence-corrected chi connectivity index (χ3v) is 20.7. The summed E-state index contributed by atoms with van der Waals surface area (Å²) in [5.74, 6) is -3.33. The van der Waals surface area contributed by atoms with Crippen LogP contribution in [0.15, 0.2) is 78.4 Å². The number of thiazole rings is 2. The molecule has 4 amide bonds. The van der Waals surface area contributed by atoms with E-state index in [-0.39, 0.29) is 84.1 Å². The molecule has 7 aromatic rings. The van der Waals surface area contributed by atoms with Crippen molar-refractivity contribution in [1.29, 1.82) is 0 Å². The molecule has 0 spiro atoms. The minimum Gasteiger partial charge on any atom is -0.505 e. The number of aromatic hydroxyl groups is 1. The molecule has 23 heteroatoms. The molecular weight excluding hydrogens is 1200 g/mol. The highest BCUT2D eigenvalue weighted by molar-refractivity contribution is 7.22. The van der Waals surface area contributed by atoms with E-state index in [1.807, 2.05) is 91.9 Å². The van der Waals surface area contributed by atoms with Gasteiger partial charge in [-0.15, -0.1) is 11.3 Å². The molecule has 2 aliphatic heterocycles. The van der Waals surface area contributed by atoms with E-state index in [1.165, 1.54) is 27.6 Å². The Bertz CT molecular complexity index is 3860. The number of carboxylic acid groups (broad SMARTS) is 1. The van der Waals surface area contributed by atoms with Crippen LogP contribution in [0.1, 0.15) is 135 Å². The number of phenols is 1. The maximum Gasteiger partial charge on any atom is 0.355 e. The Hall–Kier alpha value is -7.70. The first kappa shape index (κ1) is 64.8. The summed E-state index contributed by atoms with van der Waals surface area (Å²) in [5, 5.41) is 35.5. The highest BCUT2D eigenvalue weighted by Gasteiger charge is 2.62. The lowest BCUT2D eigenvalue weighted by atomic mass is 9.58. The van der Waals surface area contributed by atoms with Crippen molar-refractivity contribution in [1.82, 2.24) is 40.3 Å². The first-order valence-corrected chi connectivity index (χ1v) is 33.0. The van der Waals surface area contributed by atoms with Crippen LogP contribution in [0.4, 0.5) is 15.3 Å². The quantitative estimate of drug-likeness (QED) is 0.0374. The number of anilines is 2. The van der Waals surface area contributed by atoms with Crippen LogP contribution in [0.2, 0.25) is 0 Å². The Balaban J connectivity index is 0.652. The number of hydrogen-bond donors (Lipinski definition) is 5. The molecule has 2 saturated carbocycles. The van der Waals surface area contributed by atoms with Gasteiger partial charge in [-0.05, 0) is 123 Å². The number of benzene rings is 3. The Kier molecular flexibility index (Phi) is 18.9. The zero-order chi connectivity index (χ0) is 64.6. The number of halogens is 1. The summed E-state index contributed by atoms with van der Waals surface area (Å²) >= 11 is 2.69. The molecule has 5 atom stereocenters. The lowest BCUT2D eigenvalue weighted by molar-refractivity contribution is -0.156. The summed E-state index contributed by atoms with van der Waals surface area (Å²) in [7, 11) is 0. The van der Waals surface area contributed by atoms with Gasteiger partial charge in [0.1, 0.15) is 17.9 Å². The normalized spacial score (nSPS) is 20.6. The van der Waals surface area contributed by atoms with Crippen LogP contribution >= 0.6 is 22.7 Å². The molecule has 4 aliphatic rings. The molecule has 6 heterocycles. The third kappa shape index (κ3) is 13.8. The lowest BCUT2D eigenvalue weighted by Crippen LogP contribution is -2.57. The number of carbonyl (C=O) groups excluding carboxylic acids is 4. The number of amides is 4. The second-order valence-electron chi connectivity index (χ2n) is 26.8. The molecule has 1 saturated heterocycles. The number of hydrogen-bond acceptors (Lipinski definition) is 16. The van der Waals surface area contributed by atoms with Gasteiger partial charge in [0, 0.05) is 78.6 Å². The zero-order valence-corrected chi connectivity index (χ0v) is 54.6. The Morgan fingerprint density at radius 3 is 2.41 bits per heavy atom. The van der Waals surface area contributed by atoms with Gasteiger partial charge in [-0.2, -0.15) is 5.10 Å². The van der Waals surface area contributed by atoms with Crippen LogP contribution in [0.3, 0.4) is 0 Å². The summed E-state index contributed by atoms with van der Waals surface area (Å²) in [4.78, 5) is 85.6. The molecule has 4 aromatic heterocycles. The van der Waals surface area contributed by atoms with E-state index < -0.39 is 46.5 Å². The van der Waals surface area contributed by atoms with Gasteiger partial charge in [0.05, 0.1) is 71.1 Å². The van der Waals surface area contributed by atoms with Gasteiger partial charge in [0.2, 0.25) is 17.7 Å². The smallest absolute Gasteiger partial charge is 0.355 e. The fourth-order valence-electron chi connectivity index (χ4n) is 14.6. The monoisotopic (exact) mass is 1280 g/mol. The van der Waals surface area contributed by atoms with E-state index in [0.717, 1.165) is 52.7 Å². The Morgan fingerprint density at radius 1 is 0.879 bits per heavy atom. The van der Waals surface area contributed by atoms with Crippen molar-refractivity contribution in [3.05, 3.63) is 124 Å². The zero-order valence-electron chi connectivity index (χ0n) is 53.0. The number of ether oxygens (including phenoxy) is 3. The van der Waals surface area contributed by atoms with Crippen LogP contribution in [-0.2, 0) is 54.6 Å². The van der Waals surface area contributed by atoms with Gasteiger partial charge < -0.3 is 44.9 Å². The number of carbonyl (C=O) groups is 5. The van der Waals surface area contributed by atoms with Gasteiger partial charge in [0.15, 0.2) is 22.4 Å². The second kappa shape index (κ2) is 26.5. The van der Waals surface area contributed by atoms with Crippen LogP contribution in [0.5, 0.6) is 5.75 Å². The highest BCUT2D eigenvalue weighted by Crippen LogP contribution is 2.64. The molecule has 20 nitrogen and oxygen atoms in total. The van der Waals surface area contributed by atoms with E-state index in [1.54, 1.807) is 30.8 Å². The molecule has 3 unspecified atom stereocenters. The maximum absolute atomic E-state index is 15.3. The number of aromatic carboxylic acids is 1. The maximum atomic E-state index is 15.3. The van der Waals surface area contributed by atoms with Crippen LogP contribution in [0.25, 0.3) is 31.8 Å². The number of para-hydroxylation sites is 1. The van der Waals surface area contributed by atoms with Crippen molar-refractivity contribution in [2.75, 3.05) is 56.3 Å². The summed E-state index contributed by atoms with van der Waals surface area (Å²) in [5.41, 5.74) is 6.72. The predicted octanol–water partition coefficient (Wildman–Crippen LogP) is 10.9. The summed E-state index contributed by atoms with van der Waals surface area (Å²) in [6.07, 6.45) is 7.15. The molecule has 5 N–H and O–H groups in total. The van der Waals surface area contributed by atoms with E-state index in [0.29, 0.717) is 96.9 Å². The molecule has 3 aromatic carbocycles. The van der Waals surface area contributed by atoms with E-state index in [4.69, 9.17) is 24.3 Å². The first-order valence-electron chi connectivity index (χ1n) is 31.3. The van der Waals surface area contributed by atoms with Crippen LogP contribution in [-0.4, -0.2) is 133 Å². The van der Waals surface area contributed by atoms with Crippen LogP contribution in [0, 0.1) is 41.8 Å². The predicted molar refractivity (Wildman–Crippen MR) is 347 cm³/mol.